The Kier molecular flexibility index (Phi) is 7.91. The van der Waals surface area contributed by atoms with Crippen molar-refractivity contribution in [1.82, 2.24) is 0 Å². The Balaban J connectivity index is 2.04. The molecule has 4 N–H and O–H groups in total. The van der Waals surface area contributed by atoms with E-state index in [2.05, 4.69) is 6.92 Å². The van der Waals surface area contributed by atoms with E-state index in [-0.39, 0.29) is 13.2 Å². The van der Waals surface area contributed by atoms with Gasteiger partial charge in [-0.1, -0.05) is 49.2 Å². The summed E-state index contributed by atoms with van der Waals surface area (Å²) in [6.07, 6.45) is 3.23. The van der Waals surface area contributed by atoms with Crippen LogP contribution in [0.4, 0.5) is 0 Å². The fourth-order valence-electron chi connectivity index (χ4n) is 2.60. The highest BCUT2D eigenvalue weighted by Crippen LogP contribution is 2.28. The van der Waals surface area contributed by atoms with E-state index in [9.17, 15) is 10.2 Å². The molecule has 0 spiro atoms. The number of aryl methyl sites for hydroxylation is 1. The van der Waals surface area contributed by atoms with E-state index in [1.165, 1.54) is 0 Å². The van der Waals surface area contributed by atoms with Gasteiger partial charge >= 0.3 is 0 Å². The van der Waals surface area contributed by atoms with Crippen molar-refractivity contribution >= 4 is 11.6 Å². The summed E-state index contributed by atoms with van der Waals surface area (Å²) in [4.78, 5) is 0. The minimum absolute atomic E-state index is 0.258. The fourth-order valence-corrected chi connectivity index (χ4v) is 2.87. The van der Waals surface area contributed by atoms with Gasteiger partial charge in [-0.15, -0.1) is 0 Å². The first-order valence-electron chi connectivity index (χ1n) is 9.03. The van der Waals surface area contributed by atoms with Crippen molar-refractivity contribution in [3.05, 3.63) is 53.1 Å². The predicted molar refractivity (Wildman–Crippen MR) is 107 cm³/mol. The monoisotopic (exact) mass is 377 g/mol. The highest BCUT2D eigenvalue weighted by Gasteiger charge is 2.23. The summed E-state index contributed by atoms with van der Waals surface area (Å²) in [5.74, 6) is 0.872. The lowest BCUT2D eigenvalue weighted by atomic mass is 9.93. The van der Waals surface area contributed by atoms with Gasteiger partial charge in [0.1, 0.15) is 5.75 Å². The van der Waals surface area contributed by atoms with Crippen molar-refractivity contribution in [1.29, 1.82) is 0 Å². The van der Waals surface area contributed by atoms with Crippen LogP contribution in [0, 0.1) is 0 Å². The maximum absolute atomic E-state index is 9.29. The number of nitrogens with two attached hydrogens (primary N) is 1. The molecular formula is C21H28ClNO3. The molecule has 4 nitrogen and oxygen atoms in total. The van der Waals surface area contributed by atoms with Crippen LogP contribution in [-0.4, -0.2) is 35.6 Å². The Bertz CT molecular complexity index is 684. The molecule has 2 aromatic carbocycles. The number of rotatable bonds is 10. The van der Waals surface area contributed by atoms with Crippen molar-refractivity contribution in [3.8, 4) is 16.9 Å². The number of hydrogen-bond donors (Lipinski definition) is 3. The van der Waals surface area contributed by atoms with Crippen LogP contribution in [0.25, 0.3) is 11.1 Å². The molecule has 0 unspecified atom stereocenters. The van der Waals surface area contributed by atoms with Gasteiger partial charge < -0.3 is 20.7 Å². The van der Waals surface area contributed by atoms with Crippen molar-refractivity contribution in [2.75, 3.05) is 19.8 Å². The van der Waals surface area contributed by atoms with E-state index < -0.39 is 5.54 Å². The number of unbranched alkanes of at least 4 members (excludes halogenated alkanes) is 1. The highest BCUT2D eigenvalue weighted by molar-refractivity contribution is 6.31. The second kappa shape index (κ2) is 9.93. The molecule has 2 rings (SSSR count). The normalized spacial score (nSPS) is 11.6. The van der Waals surface area contributed by atoms with Crippen LogP contribution >= 0.6 is 11.6 Å². The van der Waals surface area contributed by atoms with E-state index in [4.69, 9.17) is 22.1 Å². The molecule has 5 heteroatoms. The first-order valence-corrected chi connectivity index (χ1v) is 9.41. The van der Waals surface area contributed by atoms with Crippen LogP contribution in [-0.2, 0) is 6.42 Å². The zero-order valence-corrected chi connectivity index (χ0v) is 16.0. The van der Waals surface area contributed by atoms with Gasteiger partial charge in [-0.25, -0.2) is 0 Å². The fraction of sp³-hybridized carbons (Fsp3) is 0.429. The van der Waals surface area contributed by atoms with Gasteiger partial charge in [-0.05, 0) is 54.2 Å². The predicted octanol–water partition coefficient (Wildman–Crippen LogP) is 3.80. The topological polar surface area (TPSA) is 75.7 Å². The number of ether oxygens (including phenoxy) is 1. The quantitative estimate of drug-likeness (QED) is 0.550. The maximum atomic E-state index is 9.29. The number of halogens is 1. The molecule has 0 fully saturated rings. The van der Waals surface area contributed by atoms with Crippen molar-refractivity contribution < 1.29 is 14.9 Å². The molecule has 0 aliphatic carbocycles. The zero-order chi connectivity index (χ0) is 19.0. The van der Waals surface area contributed by atoms with E-state index >= 15 is 0 Å². The second-order valence-corrected chi connectivity index (χ2v) is 7.12. The van der Waals surface area contributed by atoms with Gasteiger partial charge in [0, 0.05) is 5.02 Å². The molecule has 0 radical (unpaired) electrons. The summed E-state index contributed by atoms with van der Waals surface area (Å²) in [5.41, 5.74) is 7.99. The largest absolute Gasteiger partial charge is 0.494 e. The zero-order valence-electron chi connectivity index (χ0n) is 15.2. The number of aliphatic hydroxyl groups is 2. The Morgan fingerprint density at radius 1 is 1.04 bits per heavy atom. The van der Waals surface area contributed by atoms with Crippen LogP contribution in [0.1, 0.15) is 31.7 Å². The van der Waals surface area contributed by atoms with E-state index in [1.807, 2.05) is 42.5 Å². The second-order valence-electron chi connectivity index (χ2n) is 6.71. The molecule has 0 heterocycles. The van der Waals surface area contributed by atoms with Crippen LogP contribution in [0.3, 0.4) is 0 Å². The lowest BCUT2D eigenvalue weighted by molar-refractivity contribution is 0.115. The standard InChI is InChI=1S/C21H28ClNO3/c1-2-3-12-26-19-8-6-16(7-9-19)18-5-4-17(20(22)13-18)10-11-21(23,14-24)15-25/h4-9,13,24-25H,2-3,10-12,14-15,23H2,1H3. The maximum Gasteiger partial charge on any atom is 0.119 e. The molecule has 2 aromatic rings. The van der Waals surface area contributed by atoms with Crippen molar-refractivity contribution in [2.45, 2.75) is 38.1 Å². The summed E-state index contributed by atoms with van der Waals surface area (Å²) >= 11 is 6.42. The molecule has 0 amide bonds. The summed E-state index contributed by atoms with van der Waals surface area (Å²) in [6, 6.07) is 13.9. The van der Waals surface area contributed by atoms with Gasteiger partial charge in [0.2, 0.25) is 0 Å². The van der Waals surface area contributed by atoms with E-state index in [0.29, 0.717) is 17.9 Å². The molecule has 0 bridgehead atoms. The number of benzene rings is 2. The van der Waals surface area contributed by atoms with Gasteiger partial charge in [-0.2, -0.15) is 0 Å². The first-order chi connectivity index (χ1) is 12.5. The lowest BCUT2D eigenvalue weighted by Crippen LogP contribution is -2.47. The Hall–Kier alpha value is -1.59. The molecule has 0 atom stereocenters. The summed E-state index contributed by atoms with van der Waals surface area (Å²) in [6.45, 7) is 2.36. The van der Waals surface area contributed by atoms with Crippen molar-refractivity contribution in [2.24, 2.45) is 5.73 Å². The van der Waals surface area contributed by atoms with Crippen LogP contribution < -0.4 is 10.5 Å². The number of hydrogen-bond acceptors (Lipinski definition) is 4. The third-order valence-electron chi connectivity index (χ3n) is 4.53. The van der Waals surface area contributed by atoms with Crippen LogP contribution in [0.5, 0.6) is 5.75 Å². The lowest BCUT2D eigenvalue weighted by Gasteiger charge is -2.24. The highest BCUT2D eigenvalue weighted by atomic mass is 35.5. The molecule has 0 aliphatic rings. The van der Waals surface area contributed by atoms with Crippen LogP contribution in [0.2, 0.25) is 5.02 Å². The third kappa shape index (κ3) is 5.71. The van der Waals surface area contributed by atoms with E-state index in [0.717, 1.165) is 41.9 Å². The Morgan fingerprint density at radius 2 is 1.69 bits per heavy atom. The molecule has 0 saturated carbocycles. The third-order valence-corrected chi connectivity index (χ3v) is 4.88. The van der Waals surface area contributed by atoms with Gasteiger partial charge in [0.25, 0.3) is 0 Å². The van der Waals surface area contributed by atoms with E-state index in [1.54, 1.807) is 0 Å². The Labute approximate surface area is 160 Å². The molecular weight excluding hydrogens is 350 g/mol. The molecule has 0 aliphatic heterocycles. The summed E-state index contributed by atoms with van der Waals surface area (Å²) < 4.78 is 5.69. The molecule has 142 valence electrons. The average Bonchev–Trinajstić information content (AvgIpc) is 2.67. The summed E-state index contributed by atoms with van der Waals surface area (Å²) in [7, 11) is 0. The van der Waals surface area contributed by atoms with Gasteiger partial charge in [0.15, 0.2) is 0 Å². The Morgan fingerprint density at radius 3 is 2.27 bits per heavy atom. The minimum Gasteiger partial charge on any atom is -0.494 e. The van der Waals surface area contributed by atoms with Gasteiger partial charge in [0.05, 0.1) is 25.4 Å². The smallest absolute Gasteiger partial charge is 0.119 e. The average molecular weight is 378 g/mol. The van der Waals surface area contributed by atoms with Crippen LogP contribution in [0.15, 0.2) is 42.5 Å². The molecule has 0 saturated heterocycles. The number of aliphatic hydroxyl groups excluding tert-OH is 2. The minimum atomic E-state index is -0.977. The van der Waals surface area contributed by atoms with Crippen molar-refractivity contribution in [3.63, 3.8) is 0 Å². The first kappa shape index (κ1) is 20.7. The molecule has 0 aromatic heterocycles. The molecule has 26 heavy (non-hydrogen) atoms. The SMILES string of the molecule is CCCCOc1ccc(-c2ccc(CCC(N)(CO)CO)c(Cl)c2)cc1. The van der Waals surface area contributed by atoms with Gasteiger partial charge in [-0.3, -0.25) is 0 Å². The summed E-state index contributed by atoms with van der Waals surface area (Å²) in [5, 5.41) is 19.2.